The van der Waals surface area contributed by atoms with Crippen molar-refractivity contribution in [3.63, 3.8) is 0 Å². The zero-order valence-corrected chi connectivity index (χ0v) is 11.9. The number of fused-ring (bicyclic) bond motifs is 1. The first-order valence-corrected chi connectivity index (χ1v) is 7.04. The Bertz CT molecular complexity index is 780. The van der Waals surface area contributed by atoms with Gasteiger partial charge in [0.25, 0.3) is 0 Å². The van der Waals surface area contributed by atoms with Gasteiger partial charge in [0.05, 0.1) is 29.3 Å². The van der Waals surface area contributed by atoms with Gasteiger partial charge in [0.15, 0.2) is 0 Å². The van der Waals surface area contributed by atoms with Gasteiger partial charge >= 0.3 is 6.18 Å². The van der Waals surface area contributed by atoms with Crippen molar-refractivity contribution in [3.8, 4) is 6.07 Å². The number of nitriles is 1. The zero-order valence-electron chi connectivity index (χ0n) is 11.9. The Balaban J connectivity index is 1.99. The predicted octanol–water partition coefficient (Wildman–Crippen LogP) is 3.65. The Morgan fingerprint density at radius 1 is 1.17 bits per heavy atom. The Morgan fingerprint density at radius 3 is 2.61 bits per heavy atom. The van der Waals surface area contributed by atoms with E-state index in [2.05, 4.69) is 5.32 Å². The molecule has 0 spiro atoms. The number of aliphatic hydroxyl groups is 1. The van der Waals surface area contributed by atoms with Gasteiger partial charge in [-0.3, -0.25) is 0 Å². The van der Waals surface area contributed by atoms with Crippen molar-refractivity contribution < 1.29 is 18.3 Å². The molecule has 2 N–H and O–H groups in total. The van der Waals surface area contributed by atoms with Crippen molar-refractivity contribution in [2.24, 2.45) is 0 Å². The molecule has 3 nitrogen and oxygen atoms in total. The van der Waals surface area contributed by atoms with Gasteiger partial charge in [0.2, 0.25) is 0 Å². The van der Waals surface area contributed by atoms with Gasteiger partial charge in [-0.1, -0.05) is 24.3 Å². The van der Waals surface area contributed by atoms with Gasteiger partial charge in [-0.25, -0.2) is 0 Å². The van der Waals surface area contributed by atoms with E-state index in [4.69, 9.17) is 5.26 Å². The molecule has 0 unspecified atom stereocenters. The molecule has 0 heterocycles. The molecule has 0 saturated heterocycles. The van der Waals surface area contributed by atoms with Crippen LogP contribution in [0.1, 0.15) is 28.3 Å². The first kappa shape index (κ1) is 15.4. The van der Waals surface area contributed by atoms with Crippen LogP contribution in [0.3, 0.4) is 0 Å². The van der Waals surface area contributed by atoms with Crippen LogP contribution in [0.15, 0.2) is 42.5 Å². The van der Waals surface area contributed by atoms with E-state index in [1.165, 1.54) is 12.1 Å². The summed E-state index contributed by atoms with van der Waals surface area (Å²) in [4.78, 5) is 0. The number of hydrogen-bond donors (Lipinski definition) is 2. The lowest BCUT2D eigenvalue weighted by molar-refractivity contribution is -0.137. The van der Waals surface area contributed by atoms with Crippen molar-refractivity contribution >= 4 is 5.69 Å². The van der Waals surface area contributed by atoms with Crippen LogP contribution >= 0.6 is 0 Å². The Kier molecular flexibility index (Phi) is 3.74. The molecule has 0 amide bonds. The smallest absolute Gasteiger partial charge is 0.390 e. The molecule has 0 aromatic heterocycles. The molecule has 0 radical (unpaired) electrons. The van der Waals surface area contributed by atoms with Gasteiger partial charge in [-0.2, -0.15) is 18.4 Å². The Morgan fingerprint density at radius 2 is 1.91 bits per heavy atom. The molecule has 3 rings (SSSR count). The minimum atomic E-state index is -4.59. The molecular weight excluding hydrogens is 305 g/mol. The highest BCUT2D eigenvalue weighted by Crippen LogP contribution is 2.39. The standard InChI is InChI=1S/C17H13F3N2O/c18-17(19,20)13-7-10(9-21)5-6-14(13)22-16-12-4-2-1-3-11(12)8-15(16)23/h1-7,15-16,22-23H,8H2/t15-,16+/m1/s1. The first-order valence-electron chi connectivity index (χ1n) is 7.04. The summed E-state index contributed by atoms with van der Waals surface area (Å²) in [6, 6.07) is 11.7. The topological polar surface area (TPSA) is 56.0 Å². The van der Waals surface area contributed by atoms with Crippen molar-refractivity contribution in [1.29, 1.82) is 5.26 Å². The summed E-state index contributed by atoms with van der Waals surface area (Å²) >= 11 is 0. The summed E-state index contributed by atoms with van der Waals surface area (Å²) in [7, 11) is 0. The summed E-state index contributed by atoms with van der Waals surface area (Å²) < 4.78 is 39.7. The number of benzene rings is 2. The van der Waals surface area contributed by atoms with E-state index in [1.807, 2.05) is 12.1 Å². The fourth-order valence-corrected chi connectivity index (χ4v) is 2.89. The highest BCUT2D eigenvalue weighted by molar-refractivity contribution is 5.58. The number of halogens is 3. The van der Waals surface area contributed by atoms with Crippen LogP contribution in [-0.2, 0) is 12.6 Å². The number of rotatable bonds is 2. The molecule has 1 aliphatic rings. The average molecular weight is 318 g/mol. The van der Waals surface area contributed by atoms with E-state index in [1.54, 1.807) is 18.2 Å². The summed E-state index contributed by atoms with van der Waals surface area (Å²) in [5.74, 6) is 0. The second-order valence-corrected chi connectivity index (χ2v) is 5.46. The number of nitrogens with zero attached hydrogens (tertiary/aromatic N) is 1. The second kappa shape index (κ2) is 5.60. The summed E-state index contributed by atoms with van der Waals surface area (Å²) in [5, 5.41) is 21.8. The number of alkyl halides is 3. The third-order valence-corrected chi connectivity index (χ3v) is 3.97. The van der Waals surface area contributed by atoms with E-state index in [0.29, 0.717) is 6.42 Å². The van der Waals surface area contributed by atoms with Gasteiger partial charge < -0.3 is 10.4 Å². The van der Waals surface area contributed by atoms with Gasteiger partial charge in [0, 0.05) is 12.1 Å². The van der Waals surface area contributed by atoms with Gasteiger partial charge in [0.1, 0.15) is 0 Å². The predicted molar refractivity (Wildman–Crippen MR) is 78.7 cm³/mol. The third kappa shape index (κ3) is 2.88. The number of aliphatic hydroxyl groups excluding tert-OH is 1. The van der Waals surface area contributed by atoms with Crippen LogP contribution in [0.4, 0.5) is 18.9 Å². The molecule has 0 bridgehead atoms. The lowest BCUT2D eigenvalue weighted by Crippen LogP contribution is -2.23. The average Bonchev–Trinajstić information content (AvgIpc) is 2.83. The quantitative estimate of drug-likeness (QED) is 0.889. The molecule has 0 saturated carbocycles. The fraction of sp³-hybridized carbons (Fsp3) is 0.235. The first-order chi connectivity index (χ1) is 10.9. The molecule has 0 aliphatic heterocycles. The monoisotopic (exact) mass is 318 g/mol. The molecule has 6 heteroatoms. The summed E-state index contributed by atoms with van der Waals surface area (Å²) in [6.45, 7) is 0. The highest BCUT2D eigenvalue weighted by Gasteiger charge is 2.36. The SMILES string of the molecule is N#Cc1ccc(N[C@H]2c3ccccc3C[C@H]2O)c(C(F)(F)F)c1. The second-order valence-electron chi connectivity index (χ2n) is 5.46. The lowest BCUT2D eigenvalue weighted by atomic mass is 10.0. The van der Waals surface area contributed by atoms with Crippen LogP contribution < -0.4 is 5.32 Å². The maximum absolute atomic E-state index is 13.2. The van der Waals surface area contributed by atoms with Crippen molar-refractivity contribution in [2.75, 3.05) is 5.32 Å². The molecule has 118 valence electrons. The molecule has 0 fully saturated rings. The maximum atomic E-state index is 13.2. The van der Waals surface area contributed by atoms with E-state index in [0.717, 1.165) is 17.2 Å². The van der Waals surface area contributed by atoms with Gasteiger partial charge in [-0.05, 0) is 29.3 Å². The van der Waals surface area contributed by atoms with Gasteiger partial charge in [-0.15, -0.1) is 0 Å². The molecule has 2 aromatic carbocycles. The third-order valence-electron chi connectivity index (χ3n) is 3.97. The van der Waals surface area contributed by atoms with Crippen LogP contribution in [0.5, 0.6) is 0 Å². The number of hydrogen-bond acceptors (Lipinski definition) is 3. The molecule has 1 aliphatic carbocycles. The van der Waals surface area contributed by atoms with E-state index < -0.39 is 23.9 Å². The lowest BCUT2D eigenvalue weighted by Gasteiger charge is -2.22. The molecular formula is C17H13F3N2O. The van der Waals surface area contributed by atoms with Crippen molar-refractivity contribution in [1.82, 2.24) is 0 Å². The van der Waals surface area contributed by atoms with Crippen molar-refractivity contribution in [2.45, 2.75) is 24.7 Å². The van der Waals surface area contributed by atoms with Crippen LogP contribution in [-0.4, -0.2) is 11.2 Å². The highest BCUT2D eigenvalue weighted by atomic mass is 19.4. The normalized spacial score (nSPS) is 20.0. The van der Waals surface area contributed by atoms with Crippen LogP contribution in [0.2, 0.25) is 0 Å². The van der Waals surface area contributed by atoms with Crippen LogP contribution in [0, 0.1) is 11.3 Å². The number of anilines is 1. The van der Waals surface area contributed by atoms with Crippen molar-refractivity contribution in [3.05, 3.63) is 64.7 Å². The van der Waals surface area contributed by atoms with E-state index >= 15 is 0 Å². The zero-order chi connectivity index (χ0) is 16.6. The van der Waals surface area contributed by atoms with E-state index in [9.17, 15) is 18.3 Å². The summed E-state index contributed by atoms with van der Waals surface area (Å²) in [5.41, 5.74) is 0.595. The summed E-state index contributed by atoms with van der Waals surface area (Å²) in [6.07, 6.45) is -4.99. The molecule has 23 heavy (non-hydrogen) atoms. The largest absolute Gasteiger partial charge is 0.418 e. The van der Waals surface area contributed by atoms with Crippen LogP contribution in [0.25, 0.3) is 0 Å². The maximum Gasteiger partial charge on any atom is 0.418 e. The molecule has 2 atom stereocenters. The Labute approximate surface area is 131 Å². The Hall–Kier alpha value is -2.52. The van der Waals surface area contributed by atoms with E-state index in [-0.39, 0.29) is 11.3 Å². The molecule has 2 aromatic rings. The number of nitrogens with one attached hydrogen (secondary N) is 1. The minimum Gasteiger partial charge on any atom is -0.390 e. The fourth-order valence-electron chi connectivity index (χ4n) is 2.89. The minimum absolute atomic E-state index is 0.0600.